The third kappa shape index (κ3) is 7.57. The molecule has 0 rings (SSSR count). The summed E-state index contributed by atoms with van der Waals surface area (Å²) in [6.07, 6.45) is 0. The van der Waals surface area contributed by atoms with Crippen molar-refractivity contribution >= 4 is 32.5 Å². The standard InChI is InChI=1S/C6H17N3S3/c1-3-7-5-8-6-9(4-2)11-12-10/h7-8,10H,3-6H2,1-2H3. The van der Waals surface area contributed by atoms with Crippen molar-refractivity contribution in [2.45, 2.75) is 13.8 Å². The number of nitrogens with one attached hydrogen (secondary N) is 2. The molecule has 0 atom stereocenters. The predicted molar refractivity (Wildman–Crippen MR) is 63.1 cm³/mol. The van der Waals surface area contributed by atoms with Gasteiger partial charge in [-0.05, 0) is 16.4 Å². The van der Waals surface area contributed by atoms with Crippen molar-refractivity contribution < 1.29 is 0 Å². The van der Waals surface area contributed by atoms with Crippen LogP contribution in [0.3, 0.4) is 0 Å². The summed E-state index contributed by atoms with van der Waals surface area (Å²) in [6.45, 7) is 8.01. The summed E-state index contributed by atoms with van der Waals surface area (Å²) in [6, 6.07) is 0. The van der Waals surface area contributed by atoms with Crippen LogP contribution < -0.4 is 10.6 Å². The molecule has 0 aliphatic heterocycles. The van der Waals surface area contributed by atoms with Gasteiger partial charge in [0, 0.05) is 24.2 Å². The second-order valence-electron chi connectivity index (χ2n) is 2.14. The van der Waals surface area contributed by atoms with Gasteiger partial charge in [-0.2, -0.15) is 0 Å². The highest BCUT2D eigenvalue weighted by Gasteiger charge is 1.99. The fourth-order valence-electron chi connectivity index (χ4n) is 0.632. The van der Waals surface area contributed by atoms with E-state index in [1.165, 1.54) is 9.83 Å². The molecule has 6 heteroatoms. The van der Waals surface area contributed by atoms with Crippen LogP contribution in [0.25, 0.3) is 0 Å². The van der Waals surface area contributed by atoms with Crippen molar-refractivity contribution in [2.75, 3.05) is 26.4 Å². The summed E-state index contributed by atoms with van der Waals surface area (Å²) in [5, 5.41) is 6.47. The number of rotatable bonds is 8. The van der Waals surface area contributed by atoms with E-state index in [0.29, 0.717) is 0 Å². The Labute approximate surface area is 87.8 Å². The largest absolute Gasteiger partial charge is 0.305 e. The van der Waals surface area contributed by atoms with Crippen LogP contribution in [0.2, 0.25) is 0 Å². The summed E-state index contributed by atoms with van der Waals surface area (Å²) in [7, 11) is 3.13. The van der Waals surface area contributed by atoms with Gasteiger partial charge in [0.25, 0.3) is 0 Å². The first-order valence-corrected chi connectivity index (χ1v) is 7.15. The van der Waals surface area contributed by atoms with Gasteiger partial charge in [-0.1, -0.05) is 25.5 Å². The summed E-state index contributed by atoms with van der Waals surface area (Å²) < 4.78 is 2.20. The molecule has 0 aromatic carbocycles. The van der Waals surface area contributed by atoms with E-state index in [2.05, 4.69) is 40.4 Å². The van der Waals surface area contributed by atoms with Gasteiger partial charge in [0.05, 0.1) is 6.67 Å². The Morgan fingerprint density at radius 3 is 2.58 bits per heavy atom. The number of hydrogen-bond donors (Lipinski definition) is 3. The lowest BCUT2D eigenvalue weighted by molar-refractivity contribution is 0.432. The first kappa shape index (κ1) is 12.9. The molecule has 12 heavy (non-hydrogen) atoms. The molecule has 0 spiro atoms. The zero-order valence-corrected chi connectivity index (χ0v) is 10.1. The summed E-state index contributed by atoms with van der Waals surface area (Å²) >= 11 is 4.07. The monoisotopic (exact) mass is 227 g/mol. The molecule has 0 aliphatic rings. The zero-order valence-electron chi connectivity index (χ0n) is 7.54. The molecule has 0 saturated carbocycles. The van der Waals surface area contributed by atoms with E-state index < -0.39 is 0 Å². The SMILES string of the molecule is CCNCNCN(CC)SSS. The van der Waals surface area contributed by atoms with E-state index in [-0.39, 0.29) is 0 Å². The topological polar surface area (TPSA) is 27.3 Å². The molecular formula is C6H17N3S3. The molecule has 0 aromatic heterocycles. The Hall–Kier alpha value is 0.930. The van der Waals surface area contributed by atoms with Crippen LogP contribution in [-0.2, 0) is 0 Å². The lowest BCUT2D eigenvalue weighted by Gasteiger charge is -2.17. The lowest BCUT2D eigenvalue weighted by Crippen LogP contribution is -2.35. The highest BCUT2D eigenvalue weighted by molar-refractivity contribution is 9.04. The smallest absolute Gasteiger partial charge is 0.0599 e. The molecule has 0 amide bonds. The van der Waals surface area contributed by atoms with Crippen molar-refractivity contribution in [1.82, 2.24) is 14.9 Å². The fraction of sp³-hybridized carbons (Fsp3) is 1.00. The van der Waals surface area contributed by atoms with Crippen LogP contribution in [-0.4, -0.2) is 30.7 Å². The zero-order chi connectivity index (χ0) is 9.23. The summed E-state index contributed by atoms with van der Waals surface area (Å²) in [5.74, 6) is 0. The van der Waals surface area contributed by atoms with Gasteiger partial charge in [-0.15, -0.1) is 0 Å². The van der Waals surface area contributed by atoms with Gasteiger partial charge < -0.3 is 5.32 Å². The Bertz CT molecular complexity index is 94.1. The van der Waals surface area contributed by atoms with Crippen LogP contribution in [0.4, 0.5) is 0 Å². The average Bonchev–Trinajstić information content (AvgIpc) is 2.10. The van der Waals surface area contributed by atoms with Gasteiger partial charge in [0.15, 0.2) is 0 Å². The quantitative estimate of drug-likeness (QED) is 0.192. The Morgan fingerprint density at radius 2 is 2.08 bits per heavy atom. The van der Waals surface area contributed by atoms with Gasteiger partial charge in [0.2, 0.25) is 0 Å². The molecule has 0 saturated heterocycles. The third-order valence-electron chi connectivity index (χ3n) is 1.28. The van der Waals surface area contributed by atoms with Crippen molar-refractivity contribution in [3.8, 4) is 0 Å². The van der Waals surface area contributed by atoms with Gasteiger partial charge in [0.1, 0.15) is 0 Å². The number of hydrogen-bond acceptors (Lipinski definition) is 6. The maximum Gasteiger partial charge on any atom is 0.0599 e. The first-order chi connectivity index (χ1) is 5.85. The molecule has 0 aliphatic carbocycles. The molecule has 74 valence electrons. The van der Waals surface area contributed by atoms with Crippen LogP contribution in [0.5, 0.6) is 0 Å². The van der Waals surface area contributed by atoms with Crippen LogP contribution in [0.1, 0.15) is 13.8 Å². The average molecular weight is 227 g/mol. The minimum Gasteiger partial charge on any atom is -0.305 e. The molecule has 0 heterocycles. The number of nitrogens with zero attached hydrogens (tertiary/aromatic N) is 1. The van der Waals surface area contributed by atoms with Gasteiger partial charge in [-0.3, -0.25) is 5.32 Å². The maximum atomic E-state index is 4.07. The normalized spacial score (nSPS) is 11.0. The summed E-state index contributed by atoms with van der Waals surface area (Å²) in [5.41, 5.74) is 0. The minimum absolute atomic E-state index is 0.866. The van der Waals surface area contributed by atoms with Gasteiger partial charge in [-0.25, -0.2) is 4.31 Å². The molecule has 0 fully saturated rings. The maximum absolute atomic E-state index is 4.07. The molecule has 3 nitrogen and oxygen atoms in total. The van der Waals surface area contributed by atoms with Gasteiger partial charge >= 0.3 is 0 Å². The van der Waals surface area contributed by atoms with Crippen LogP contribution in [0.15, 0.2) is 0 Å². The second kappa shape index (κ2) is 10.0. The Balaban J connectivity index is 3.19. The van der Waals surface area contributed by atoms with Crippen molar-refractivity contribution in [3.63, 3.8) is 0 Å². The molecular weight excluding hydrogens is 210 g/mol. The van der Waals surface area contributed by atoms with Crippen LogP contribution in [0, 0.1) is 0 Å². The first-order valence-electron chi connectivity index (χ1n) is 3.99. The van der Waals surface area contributed by atoms with Crippen molar-refractivity contribution in [3.05, 3.63) is 0 Å². The highest BCUT2D eigenvalue weighted by Crippen LogP contribution is 2.27. The van der Waals surface area contributed by atoms with Crippen molar-refractivity contribution in [2.24, 2.45) is 0 Å². The lowest BCUT2D eigenvalue weighted by atomic mass is 10.7. The Morgan fingerprint density at radius 1 is 1.33 bits per heavy atom. The molecule has 0 unspecified atom stereocenters. The van der Waals surface area contributed by atoms with Crippen LogP contribution >= 0.6 is 32.5 Å². The number of thiol groups is 1. The Kier molecular flexibility index (Phi) is 10.8. The third-order valence-corrected chi connectivity index (χ3v) is 3.38. The van der Waals surface area contributed by atoms with E-state index >= 15 is 0 Å². The minimum atomic E-state index is 0.866. The second-order valence-corrected chi connectivity index (χ2v) is 5.19. The van der Waals surface area contributed by atoms with Crippen molar-refractivity contribution in [1.29, 1.82) is 0 Å². The van der Waals surface area contributed by atoms with E-state index in [9.17, 15) is 0 Å². The molecule has 2 N–H and O–H groups in total. The van der Waals surface area contributed by atoms with E-state index in [1.54, 1.807) is 11.0 Å². The fourth-order valence-corrected chi connectivity index (χ4v) is 2.58. The predicted octanol–water partition coefficient (Wildman–Crippen LogP) is 1.56. The summed E-state index contributed by atoms with van der Waals surface area (Å²) in [4.78, 5) is 0. The highest BCUT2D eigenvalue weighted by atomic mass is 33.5. The van der Waals surface area contributed by atoms with E-state index in [4.69, 9.17) is 0 Å². The van der Waals surface area contributed by atoms with E-state index in [1.807, 2.05) is 0 Å². The molecule has 0 radical (unpaired) electrons. The molecule has 0 aromatic rings. The van der Waals surface area contributed by atoms with E-state index in [0.717, 1.165) is 26.4 Å². The molecule has 0 bridgehead atoms.